The van der Waals surface area contributed by atoms with Gasteiger partial charge in [0, 0.05) is 25.7 Å². The van der Waals surface area contributed by atoms with Crippen molar-refractivity contribution in [2.24, 2.45) is 5.41 Å². The number of nitrogens with zero attached hydrogens (tertiary/aromatic N) is 1. The lowest BCUT2D eigenvalue weighted by atomic mass is 9.96. The molecule has 0 radical (unpaired) electrons. The molecule has 0 spiro atoms. The van der Waals surface area contributed by atoms with Crippen molar-refractivity contribution in [1.82, 2.24) is 10.2 Å². The fourth-order valence-electron chi connectivity index (χ4n) is 3.70. The van der Waals surface area contributed by atoms with Crippen molar-refractivity contribution in [2.45, 2.75) is 51.0 Å². The second-order valence-electron chi connectivity index (χ2n) is 7.18. The van der Waals surface area contributed by atoms with E-state index in [4.69, 9.17) is 0 Å². The van der Waals surface area contributed by atoms with E-state index in [1.54, 1.807) is 0 Å². The van der Waals surface area contributed by atoms with Gasteiger partial charge in [0.1, 0.15) is 0 Å². The fourth-order valence-corrected chi connectivity index (χ4v) is 3.70. The van der Waals surface area contributed by atoms with Crippen LogP contribution in [0.2, 0.25) is 0 Å². The van der Waals surface area contributed by atoms with E-state index in [1.165, 1.54) is 18.4 Å². The van der Waals surface area contributed by atoms with Crippen LogP contribution in [0.3, 0.4) is 0 Å². The second-order valence-corrected chi connectivity index (χ2v) is 7.18. The van der Waals surface area contributed by atoms with Gasteiger partial charge in [-0.15, -0.1) is 0 Å². The van der Waals surface area contributed by atoms with Crippen LogP contribution in [0.5, 0.6) is 0 Å². The van der Waals surface area contributed by atoms with Crippen LogP contribution in [0, 0.1) is 5.41 Å². The third kappa shape index (κ3) is 4.25. The maximum Gasteiger partial charge on any atom is 0.317 e. The molecule has 1 unspecified atom stereocenters. The highest BCUT2D eigenvalue weighted by Crippen LogP contribution is 2.47. The van der Waals surface area contributed by atoms with Gasteiger partial charge in [0.2, 0.25) is 0 Å². The first kappa shape index (κ1) is 16.3. The van der Waals surface area contributed by atoms with Crippen LogP contribution >= 0.6 is 0 Å². The molecule has 2 N–H and O–H groups in total. The lowest BCUT2D eigenvalue weighted by Gasteiger charge is -2.36. The summed E-state index contributed by atoms with van der Waals surface area (Å²) in [7, 11) is 0. The third-order valence-electron chi connectivity index (χ3n) is 5.34. The lowest BCUT2D eigenvalue weighted by Crippen LogP contribution is -2.50. The zero-order valence-corrected chi connectivity index (χ0v) is 13.8. The van der Waals surface area contributed by atoms with E-state index >= 15 is 0 Å². The summed E-state index contributed by atoms with van der Waals surface area (Å²) in [6.45, 7) is 1.75. The predicted molar refractivity (Wildman–Crippen MR) is 91.3 cm³/mol. The van der Waals surface area contributed by atoms with E-state index in [-0.39, 0.29) is 24.1 Å². The van der Waals surface area contributed by atoms with E-state index in [9.17, 15) is 9.90 Å². The molecule has 0 aromatic heterocycles. The number of rotatable bonds is 6. The van der Waals surface area contributed by atoms with Gasteiger partial charge in [-0.2, -0.15) is 0 Å². The van der Waals surface area contributed by atoms with Crippen LogP contribution in [0.15, 0.2) is 30.3 Å². The number of amides is 2. The summed E-state index contributed by atoms with van der Waals surface area (Å²) in [5.74, 6) is 0. The molecule has 1 aliphatic carbocycles. The SMILES string of the molecule is O=C(NCC1(Cc2ccccc2)CC1)N1CCCCC1CCO. The molecule has 2 amide bonds. The Morgan fingerprint density at radius 2 is 2.04 bits per heavy atom. The molecule has 0 bridgehead atoms. The number of likely N-dealkylation sites (tertiary alicyclic amines) is 1. The lowest BCUT2D eigenvalue weighted by molar-refractivity contribution is 0.130. The van der Waals surface area contributed by atoms with Gasteiger partial charge in [-0.25, -0.2) is 4.79 Å². The minimum atomic E-state index is 0.0579. The molecule has 1 saturated heterocycles. The van der Waals surface area contributed by atoms with Gasteiger partial charge in [-0.3, -0.25) is 0 Å². The number of benzene rings is 1. The summed E-state index contributed by atoms with van der Waals surface area (Å²) in [6.07, 6.45) is 7.39. The highest BCUT2D eigenvalue weighted by Gasteiger charge is 2.43. The number of aliphatic hydroxyl groups excluding tert-OH is 1. The molecule has 2 fully saturated rings. The Kier molecular flexibility index (Phi) is 5.21. The summed E-state index contributed by atoms with van der Waals surface area (Å²) in [5.41, 5.74) is 1.62. The number of carbonyl (C=O) groups excluding carboxylic acids is 1. The first-order valence-corrected chi connectivity index (χ1v) is 8.92. The number of carbonyl (C=O) groups is 1. The summed E-state index contributed by atoms with van der Waals surface area (Å²) in [5, 5.41) is 12.4. The summed E-state index contributed by atoms with van der Waals surface area (Å²) >= 11 is 0. The largest absolute Gasteiger partial charge is 0.396 e. The monoisotopic (exact) mass is 316 g/mol. The van der Waals surface area contributed by atoms with E-state index in [1.807, 2.05) is 11.0 Å². The number of urea groups is 1. The van der Waals surface area contributed by atoms with Crippen molar-refractivity contribution in [3.63, 3.8) is 0 Å². The zero-order valence-electron chi connectivity index (χ0n) is 13.8. The van der Waals surface area contributed by atoms with Gasteiger partial charge < -0.3 is 15.3 Å². The van der Waals surface area contributed by atoms with Crippen LogP contribution in [0.1, 0.15) is 44.1 Å². The molecular formula is C19H28N2O2. The fraction of sp³-hybridized carbons (Fsp3) is 0.632. The predicted octanol–water partition coefficient (Wildman–Crippen LogP) is 2.96. The Labute approximate surface area is 138 Å². The highest BCUT2D eigenvalue weighted by molar-refractivity contribution is 5.74. The first-order valence-electron chi connectivity index (χ1n) is 8.92. The van der Waals surface area contributed by atoms with E-state index in [0.717, 1.165) is 38.8 Å². The number of piperidine rings is 1. The standard InChI is InChI=1S/C19H28N2O2/c22-13-9-17-8-4-5-12-21(17)18(23)20-15-19(10-11-19)14-16-6-2-1-3-7-16/h1-3,6-7,17,22H,4-5,8-15H2,(H,20,23). The molecule has 1 atom stereocenters. The van der Waals surface area contributed by atoms with E-state index < -0.39 is 0 Å². The van der Waals surface area contributed by atoms with Crippen LogP contribution in [0.25, 0.3) is 0 Å². The molecule has 1 heterocycles. The van der Waals surface area contributed by atoms with Gasteiger partial charge in [0.05, 0.1) is 0 Å². The van der Waals surface area contributed by atoms with Crippen LogP contribution in [0.4, 0.5) is 4.79 Å². The maximum atomic E-state index is 12.5. The Bertz CT molecular complexity index is 511. The molecule has 1 aromatic rings. The van der Waals surface area contributed by atoms with Crippen LogP contribution < -0.4 is 5.32 Å². The summed E-state index contributed by atoms with van der Waals surface area (Å²) < 4.78 is 0. The van der Waals surface area contributed by atoms with Gasteiger partial charge in [0.25, 0.3) is 0 Å². The quantitative estimate of drug-likeness (QED) is 0.848. The molecule has 1 aliphatic heterocycles. The normalized spacial score (nSPS) is 22.7. The van der Waals surface area contributed by atoms with Crippen molar-refractivity contribution < 1.29 is 9.90 Å². The number of aliphatic hydroxyl groups is 1. The van der Waals surface area contributed by atoms with Crippen LogP contribution in [-0.4, -0.2) is 41.8 Å². The third-order valence-corrected chi connectivity index (χ3v) is 5.34. The minimum absolute atomic E-state index is 0.0579. The molecule has 23 heavy (non-hydrogen) atoms. The number of hydrogen-bond donors (Lipinski definition) is 2. The molecule has 4 nitrogen and oxygen atoms in total. The van der Waals surface area contributed by atoms with Crippen LogP contribution in [-0.2, 0) is 6.42 Å². The highest BCUT2D eigenvalue weighted by atomic mass is 16.3. The van der Waals surface area contributed by atoms with Crippen molar-refractivity contribution in [2.75, 3.05) is 19.7 Å². The topological polar surface area (TPSA) is 52.6 Å². The van der Waals surface area contributed by atoms with Crippen molar-refractivity contribution in [3.05, 3.63) is 35.9 Å². The van der Waals surface area contributed by atoms with E-state index in [2.05, 4.69) is 29.6 Å². The first-order chi connectivity index (χ1) is 11.2. The smallest absolute Gasteiger partial charge is 0.317 e. The molecular weight excluding hydrogens is 288 g/mol. The van der Waals surface area contributed by atoms with Gasteiger partial charge >= 0.3 is 6.03 Å². The molecule has 2 aliphatic rings. The Hall–Kier alpha value is -1.55. The Morgan fingerprint density at radius 1 is 1.26 bits per heavy atom. The average Bonchev–Trinajstić information content (AvgIpc) is 3.34. The molecule has 4 heteroatoms. The van der Waals surface area contributed by atoms with Crippen molar-refractivity contribution in [1.29, 1.82) is 0 Å². The Balaban J connectivity index is 1.52. The van der Waals surface area contributed by atoms with E-state index in [0.29, 0.717) is 6.42 Å². The Morgan fingerprint density at radius 3 is 2.74 bits per heavy atom. The number of hydrogen-bond acceptors (Lipinski definition) is 2. The summed E-state index contributed by atoms with van der Waals surface area (Å²) in [4.78, 5) is 14.5. The minimum Gasteiger partial charge on any atom is -0.396 e. The van der Waals surface area contributed by atoms with Gasteiger partial charge in [0.15, 0.2) is 0 Å². The van der Waals surface area contributed by atoms with Gasteiger partial charge in [-0.05, 0) is 55.9 Å². The molecule has 1 saturated carbocycles. The van der Waals surface area contributed by atoms with Crippen molar-refractivity contribution in [3.8, 4) is 0 Å². The van der Waals surface area contributed by atoms with Crippen molar-refractivity contribution >= 4 is 6.03 Å². The molecule has 3 rings (SSSR count). The zero-order chi connectivity index (χ0) is 16.1. The average molecular weight is 316 g/mol. The molecule has 126 valence electrons. The number of nitrogens with one attached hydrogen (secondary N) is 1. The second kappa shape index (κ2) is 7.35. The van der Waals surface area contributed by atoms with Gasteiger partial charge in [-0.1, -0.05) is 30.3 Å². The molecule has 1 aromatic carbocycles. The maximum absolute atomic E-state index is 12.5. The summed E-state index contributed by atoms with van der Waals surface area (Å²) in [6, 6.07) is 10.8.